The summed E-state index contributed by atoms with van der Waals surface area (Å²) in [4.78, 5) is 2.44. The van der Waals surface area contributed by atoms with Gasteiger partial charge in [0.2, 0.25) is 0 Å². The highest BCUT2D eigenvalue weighted by molar-refractivity contribution is 8.00. The van der Waals surface area contributed by atoms with Gasteiger partial charge in [-0.2, -0.15) is 11.8 Å². The van der Waals surface area contributed by atoms with Crippen LogP contribution < -0.4 is 5.32 Å². The lowest BCUT2D eigenvalue weighted by Crippen LogP contribution is -2.49. The number of hydrogen-bond acceptors (Lipinski definition) is 3. The van der Waals surface area contributed by atoms with Crippen LogP contribution in [-0.2, 0) is 0 Å². The average Bonchev–Trinajstić information content (AvgIpc) is 2.20. The molecular weight excluding hydrogens is 204 g/mol. The molecule has 0 amide bonds. The van der Waals surface area contributed by atoms with Crippen molar-refractivity contribution >= 4 is 11.8 Å². The fourth-order valence-corrected chi connectivity index (χ4v) is 3.49. The van der Waals surface area contributed by atoms with Crippen LogP contribution in [-0.4, -0.2) is 48.6 Å². The summed E-state index contributed by atoms with van der Waals surface area (Å²) in [5.41, 5.74) is 0. The van der Waals surface area contributed by atoms with Crippen LogP contribution >= 0.6 is 11.8 Å². The first-order valence-corrected chi connectivity index (χ1v) is 7.44. The quantitative estimate of drug-likeness (QED) is 0.792. The second kappa shape index (κ2) is 5.07. The zero-order chi connectivity index (χ0) is 10.7. The van der Waals surface area contributed by atoms with Gasteiger partial charge in [-0.3, -0.25) is 0 Å². The average molecular weight is 228 g/mol. The van der Waals surface area contributed by atoms with Gasteiger partial charge in [0.25, 0.3) is 0 Å². The summed E-state index contributed by atoms with van der Waals surface area (Å²) in [6, 6.07) is 0.783. The van der Waals surface area contributed by atoms with Crippen LogP contribution in [0.4, 0.5) is 0 Å². The summed E-state index contributed by atoms with van der Waals surface area (Å²) in [6.45, 7) is 3.77. The molecular formula is C12H24N2S. The minimum atomic E-state index is 0.601. The molecule has 1 saturated carbocycles. The Balaban J connectivity index is 1.69. The van der Waals surface area contributed by atoms with E-state index in [0.29, 0.717) is 4.75 Å². The van der Waals surface area contributed by atoms with Gasteiger partial charge < -0.3 is 10.2 Å². The Morgan fingerprint density at radius 2 is 2.00 bits per heavy atom. The maximum absolute atomic E-state index is 3.79. The zero-order valence-corrected chi connectivity index (χ0v) is 10.9. The molecule has 88 valence electrons. The van der Waals surface area contributed by atoms with E-state index >= 15 is 0 Å². The highest BCUT2D eigenvalue weighted by Crippen LogP contribution is 2.42. The molecule has 15 heavy (non-hydrogen) atoms. The van der Waals surface area contributed by atoms with Crippen LogP contribution in [0, 0.1) is 0 Å². The Kier molecular flexibility index (Phi) is 3.97. The molecule has 0 aromatic carbocycles. The van der Waals surface area contributed by atoms with Gasteiger partial charge in [-0.15, -0.1) is 0 Å². The highest BCUT2D eigenvalue weighted by Gasteiger charge is 2.36. The summed E-state index contributed by atoms with van der Waals surface area (Å²) in [6.07, 6.45) is 9.23. The molecule has 2 aliphatic rings. The standard InChI is InChI=1S/C12H24N2S/c1-14-8-4-11(5-9-14)13-10-12(15-2)6-3-7-12/h11,13H,3-10H2,1-2H3. The van der Waals surface area contributed by atoms with Gasteiger partial charge in [-0.05, 0) is 52.1 Å². The topological polar surface area (TPSA) is 15.3 Å². The molecule has 1 aliphatic heterocycles. The van der Waals surface area contributed by atoms with Crippen LogP contribution in [0.5, 0.6) is 0 Å². The first-order valence-electron chi connectivity index (χ1n) is 6.21. The van der Waals surface area contributed by atoms with Crippen molar-refractivity contribution in [3.05, 3.63) is 0 Å². The molecule has 1 aliphatic carbocycles. The SMILES string of the molecule is CSC1(CNC2CCN(C)CC2)CCC1. The van der Waals surface area contributed by atoms with E-state index in [1.165, 1.54) is 51.7 Å². The number of nitrogens with zero attached hydrogens (tertiary/aromatic N) is 1. The van der Waals surface area contributed by atoms with Crippen LogP contribution in [0.15, 0.2) is 0 Å². The van der Waals surface area contributed by atoms with Gasteiger partial charge >= 0.3 is 0 Å². The van der Waals surface area contributed by atoms with E-state index < -0.39 is 0 Å². The predicted octanol–water partition coefficient (Wildman–Crippen LogP) is 1.96. The normalized spacial score (nSPS) is 27.6. The number of thioether (sulfide) groups is 1. The number of likely N-dealkylation sites (tertiary alicyclic amines) is 1. The fraction of sp³-hybridized carbons (Fsp3) is 1.00. The molecule has 3 heteroatoms. The molecule has 0 aromatic rings. The van der Waals surface area contributed by atoms with Gasteiger partial charge in [0.1, 0.15) is 0 Å². The third-order valence-corrected chi connectivity index (χ3v) is 5.55. The predicted molar refractivity (Wildman–Crippen MR) is 68.6 cm³/mol. The minimum absolute atomic E-state index is 0.601. The van der Waals surface area contributed by atoms with Crippen LogP contribution in [0.2, 0.25) is 0 Å². The third-order valence-electron chi connectivity index (χ3n) is 4.13. The molecule has 2 fully saturated rings. The van der Waals surface area contributed by atoms with Crippen LogP contribution in [0.1, 0.15) is 32.1 Å². The maximum atomic E-state index is 3.79. The van der Waals surface area contributed by atoms with Crippen molar-refractivity contribution in [3.63, 3.8) is 0 Å². The van der Waals surface area contributed by atoms with Gasteiger partial charge in [-0.25, -0.2) is 0 Å². The summed E-state index contributed by atoms with van der Waals surface area (Å²) in [7, 11) is 2.23. The van der Waals surface area contributed by atoms with Crippen LogP contribution in [0.3, 0.4) is 0 Å². The van der Waals surface area contributed by atoms with Gasteiger partial charge in [0, 0.05) is 17.3 Å². The number of hydrogen-bond donors (Lipinski definition) is 1. The van der Waals surface area contributed by atoms with Crippen molar-refractivity contribution in [2.45, 2.75) is 42.9 Å². The molecule has 0 spiro atoms. The van der Waals surface area contributed by atoms with E-state index in [4.69, 9.17) is 0 Å². The maximum Gasteiger partial charge on any atom is 0.0281 e. The second-order valence-electron chi connectivity index (χ2n) is 5.20. The number of piperidine rings is 1. The molecule has 0 radical (unpaired) electrons. The second-order valence-corrected chi connectivity index (χ2v) is 6.47. The lowest BCUT2D eigenvalue weighted by atomic mass is 9.84. The first kappa shape index (κ1) is 11.7. The third kappa shape index (κ3) is 2.89. The van der Waals surface area contributed by atoms with E-state index in [2.05, 4.69) is 35.3 Å². The molecule has 0 atom stereocenters. The van der Waals surface area contributed by atoms with Gasteiger partial charge in [-0.1, -0.05) is 6.42 Å². The molecule has 0 aromatic heterocycles. The van der Waals surface area contributed by atoms with E-state index in [0.717, 1.165) is 6.04 Å². The lowest BCUT2D eigenvalue weighted by molar-refractivity contribution is 0.223. The Morgan fingerprint density at radius 1 is 1.33 bits per heavy atom. The monoisotopic (exact) mass is 228 g/mol. The Labute approximate surface area is 98.2 Å². The van der Waals surface area contributed by atoms with E-state index in [9.17, 15) is 0 Å². The Morgan fingerprint density at radius 3 is 2.47 bits per heavy atom. The Hall–Kier alpha value is 0.270. The molecule has 1 saturated heterocycles. The van der Waals surface area contributed by atoms with Crippen molar-refractivity contribution < 1.29 is 0 Å². The van der Waals surface area contributed by atoms with E-state index in [1.807, 2.05) is 0 Å². The van der Waals surface area contributed by atoms with Crippen molar-refractivity contribution in [3.8, 4) is 0 Å². The van der Waals surface area contributed by atoms with Gasteiger partial charge in [0.05, 0.1) is 0 Å². The lowest BCUT2D eigenvalue weighted by Gasteiger charge is -2.42. The van der Waals surface area contributed by atoms with Crippen molar-refractivity contribution in [2.75, 3.05) is 32.9 Å². The molecule has 0 bridgehead atoms. The summed E-state index contributed by atoms with van der Waals surface area (Å²) in [5, 5.41) is 3.79. The van der Waals surface area contributed by atoms with Crippen molar-refractivity contribution in [1.29, 1.82) is 0 Å². The van der Waals surface area contributed by atoms with Crippen molar-refractivity contribution in [2.24, 2.45) is 0 Å². The summed E-state index contributed by atoms with van der Waals surface area (Å²) < 4.78 is 0.601. The molecule has 1 N–H and O–H groups in total. The molecule has 1 heterocycles. The van der Waals surface area contributed by atoms with E-state index in [-0.39, 0.29) is 0 Å². The van der Waals surface area contributed by atoms with Gasteiger partial charge in [0.15, 0.2) is 0 Å². The number of nitrogens with one attached hydrogen (secondary N) is 1. The van der Waals surface area contributed by atoms with Crippen LogP contribution in [0.25, 0.3) is 0 Å². The fourth-order valence-electron chi connectivity index (χ4n) is 2.57. The Bertz CT molecular complexity index is 190. The summed E-state index contributed by atoms with van der Waals surface area (Å²) in [5.74, 6) is 0. The minimum Gasteiger partial charge on any atom is -0.313 e. The number of rotatable bonds is 4. The zero-order valence-electron chi connectivity index (χ0n) is 10.1. The first-order chi connectivity index (χ1) is 7.24. The largest absolute Gasteiger partial charge is 0.313 e. The van der Waals surface area contributed by atoms with Crippen molar-refractivity contribution in [1.82, 2.24) is 10.2 Å². The molecule has 2 rings (SSSR count). The summed E-state index contributed by atoms with van der Waals surface area (Å²) >= 11 is 2.08. The highest BCUT2D eigenvalue weighted by atomic mass is 32.2. The van der Waals surface area contributed by atoms with E-state index in [1.54, 1.807) is 0 Å². The molecule has 2 nitrogen and oxygen atoms in total. The smallest absolute Gasteiger partial charge is 0.0281 e. The molecule has 0 unspecified atom stereocenters.